The summed E-state index contributed by atoms with van der Waals surface area (Å²) < 4.78 is 14.2. The second kappa shape index (κ2) is 8.34. The molecule has 0 atom stereocenters. The third kappa shape index (κ3) is 4.36. The van der Waals surface area contributed by atoms with Crippen molar-refractivity contribution in [1.29, 1.82) is 0 Å². The molecule has 1 aromatic carbocycles. The highest BCUT2D eigenvalue weighted by Gasteiger charge is 2.05. The van der Waals surface area contributed by atoms with E-state index in [1.165, 1.54) is 23.0 Å². The molecule has 0 saturated heterocycles. The summed E-state index contributed by atoms with van der Waals surface area (Å²) in [7, 11) is 0. The fourth-order valence-electron chi connectivity index (χ4n) is 1.39. The van der Waals surface area contributed by atoms with E-state index in [0.29, 0.717) is 23.8 Å². The van der Waals surface area contributed by atoms with E-state index in [-0.39, 0.29) is 30.6 Å². The summed E-state index contributed by atoms with van der Waals surface area (Å²) in [5.74, 6) is 6.39. The Bertz CT molecular complexity index is 572. The molecule has 3 N–H and O–H groups in total. The molecule has 20 heavy (non-hydrogen) atoms. The lowest BCUT2D eigenvalue weighted by Gasteiger charge is -2.00. The van der Waals surface area contributed by atoms with E-state index in [4.69, 9.17) is 5.84 Å². The minimum absolute atomic E-state index is 0. The summed E-state index contributed by atoms with van der Waals surface area (Å²) in [5, 5.41) is 11.6. The molecule has 0 aliphatic carbocycles. The number of hydrogen-bond acceptors (Lipinski definition) is 5. The van der Waals surface area contributed by atoms with E-state index in [0.717, 1.165) is 0 Å². The first-order valence-corrected chi connectivity index (χ1v) is 5.44. The van der Waals surface area contributed by atoms with Gasteiger partial charge in [-0.2, -0.15) is 5.10 Å². The Balaban J connectivity index is 0.00000180. The summed E-state index contributed by atoms with van der Waals surface area (Å²) in [6, 6.07) is 6.08. The quantitative estimate of drug-likeness (QED) is 0.513. The SMILES string of the molecule is CCc1nnc(N/N=C/c2cccc(F)c2)n1N.Cl.Cl. The fraction of sp³-hybridized carbons (Fsp3) is 0.182. The average molecular weight is 321 g/mol. The van der Waals surface area contributed by atoms with Crippen molar-refractivity contribution in [2.24, 2.45) is 5.10 Å². The molecule has 110 valence electrons. The van der Waals surface area contributed by atoms with E-state index >= 15 is 0 Å². The molecular weight excluding hydrogens is 306 g/mol. The number of hydrogen-bond donors (Lipinski definition) is 2. The number of anilines is 1. The Morgan fingerprint density at radius 3 is 2.75 bits per heavy atom. The summed E-state index contributed by atoms with van der Waals surface area (Å²) in [4.78, 5) is 0. The second-order valence-electron chi connectivity index (χ2n) is 3.59. The largest absolute Gasteiger partial charge is 0.335 e. The molecule has 0 bridgehead atoms. The van der Waals surface area contributed by atoms with Gasteiger partial charge in [0.05, 0.1) is 6.21 Å². The molecule has 0 spiro atoms. The molecule has 0 fully saturated rings. The van der Waals surface area contributed by atoms with Crippen molar-refractivity contribution in [3.63, 3.8) is 0 Å². The van der Waals surface area contributed by atoms with Gasteiger partial charge in [-0.15, -0.1) is 35.0 Å². The number of aromatic nitrogens is 3. The number of aryl methyl sites for hydroxylation is 1. The summed E-state index contributed by atoms with van der Waals surface area (Å²) in [6.07, 6.45) is 2.15. The molecule has 1 aromatic heterocycles. The van der Waals surface area contributed by atoms with Crippen molar-refractivity contribution in [3.05, 3.63) is 41.5 Å². The zero-order valence-electron chi connectivity index (χ0n) is 10.7. The number of hydrazone groups is 1. The maximum atomic E-state index is 12.9. The van der Waals surface area contributed by atoms with Gasteiger partial charge in [-0.1, -0.05) is 19.1 Å². The van der Waals surface area contributed by atoms with Crippen LogP contribution in [-0.4, -0.2) is 21.1 Å². The van der Waals surface area contributed by atoms with Crippen LogP contribution in [0.15, 0.2) is 29.4 Å². The molecule has 0 unspecified atom stereocenters. The molecule has 0 radical (unpaired) electrons. The van der Waals surface area contributed by atoms with Crippen LogP contribution in [0.25, 0.3) is 0 Å². The van der Waals surface area contributed by atoms with Crippen LogP contribution >= 0.6 is 24.8 Å². The van der Waals surface area contributed by atoms with Gasteiger partial charge >= 0.3 is 0 Å². The third-order valence-corrected chi connectivity index (χ3v) is 2.31. The minimum Gasteiger partial charge on any atom is -0.335 e. The maximum absolute atomic E-state index is 12.9. The first kappa shape index (κ1) is 18.1. The molecular formula is C11H15Cl2FN6. The van der Waals surface area contributed by atoms with Crippen molar-refractivity contribution in [1.82, 2.24) is 14.9 Å². The number of nitrogens with two attached hydrogens (primary N) is 1. The van der Waals surface area contributed by atoms with E-state index in [1.807, 2.05) is 6.92 Å². The van der Waals surface area contributed by atoms with Crippen LogP contribution in [0.2, 0.25) is 0 Å². The molecule has 1 heterocycles. The predicted octanol–water partition coefficient (Wildman–Crippen LogP) is 1.98. The van der Waals surface area contributed by atoms with Crippen LogP contribution in [0, 0.1) is 5.82 Å². The van der Waals surface area contributed by atoms with Gasteiger partial charge in [0.2, 0.25) is 0 Å². The highest BCUT2D eigenvalue weighted by molar-refractivity contribution is 5.85. The van der Waals surface area contributed by atoms with Crippen LogP contribution in [0.4, 0.5) is 10.3 Å². The van der Waals surface area contributed by atoms with Gasteiger partial charge in [0.15, 0.2) is 5.82 Å². The number of rotatable bonds is 4. The van der Waals surface area contributed by atoms with Crippen molar-refractivity contribution >= 4 is 37.0 Å². The van der Waals surface area contributed by atoms with Gasteiger partial charge < -0.3 is 5.84 Å². The van der Waals surface area contributed by atoms with Crippen LogP contribution in [0.1, 0.15) is 18.3 Å². The van der Waals surface area contributed by atoms with Crippen molar-refractivity contribution in [2.75, 3.05) is 11.3 Å². The maximum Gasteiger partial charge on any atom is 0.263 e. The van der Waals surface area contributed by atoms with Crippen LogP contribution in [-0.2, 0) is 6.42 Å². The Labute approximate surface area is 128 Å². The van der Waals surface area contributed by atoms with Crippen LogP contribution in [0.5, 0.6) is 0 Å². The Morgan fingerprint density at radius 2 is 2.15 bits per heavy atom. The second-order valence-corrected chi connectivity index (χ2v) is 3.59. The van der Waals surface area contributed by atoms with E-state index < -0.39 is 0 Å². The first-order chi connectivity index (χ1) is 8.70. The molecule has 0 aliphatic rings. The monoisotopic (exact) mass is 320 g/mol. The van der Waals surface area contributed by atoms with Gasteiger partial charge in [0, 0.05) is 6.42 Å². The minimum atomic E-state index is -0.311. The van der Waals surface area contributed by atoms with E-state index in [1.54, 1.807) is 12.1 Å². The standard InChI is InChI=1S/C11H13FN6.2ClH/c1-2-10-15-17-11(18(10)13)16-14-7-8-4-3-5-9(12)6-8;;/h3-7H,2,13H2,1H3,(H,16,17);2*1H/b14-7+;;. The van der Waals surface area contributed by atoms with Crippen molar-refractivity contribution in [3.8, 4) is 0 Å². The average Bonchev–Trinajstić information content (AvgIpc) is 2.71. The van der Waals surface area contributed by atoms with E-state index in [9.17, 15) is 4.39 Å². The highest BCUT2D eigenvalue weighted by Crippen LogP contribution is 2.04. The molecule has 0 aliphatic heterocycles. The number of nitrogens with one attached hydrogen (secondary N) is 1. The molecule has 9 heteroatoms. The van der Waals surface area contributed by atoms with Crippen LogP contribution in [0.3, 0.4) is 0 Å². The molecule has 6 nitrogen and oxygen atoms in total. The molecule has 2 aromatic rings. The van der Waals surface area contributed by atoms with Gasteiger partial charge in [-0.3, -0.25) is 0 Å². The third-order valence-electron chi connectivity index (χ3n) is 2.31. The number of halogens is 3. The highest BCUT2D eigenvalue weighted by atomic mass is 35.5. The summed E-state index contributed by atoms with van der Waals surface area (Å²) >= 11 is 0. The Kier molecular flexibility index (Phi) is 7.56. The Morgan fingerprint density at radius 1 is 1.40 bits per heavy atom. The lowest BCUT2D eigenvalue weighted by molar-refractivity contribution is 0.627. The summed E-state index contributed by atoms with van der Waals surface area (Å²) in [5.41, 5.74) is 3.29. The molecule has 0 amide bonds. The summed E-state index contributed by atoms with van der Waals surface area (Å²) in [6.45, 7) is 1.92. The number of benzene rings is 1. The van der Waals surface area contributed by atoms with Gasteiger partial charge in [-0.25, -0.2) is 14.5 Å². The topological polar surface area (TPSA) is 81.1 Å². The van der Waals surface area contributed by atoms with Gasteiger partial charge in [-0.05, 0) is 17.7 Å². The zero-order chi connectivity index (χ0) is 13.0. The number of nitrogen functional groups attached to an aromatic ring is 1. The molecule has 0 saturated carbocycles. The predicted molar refractivity (Wildman–Crippen MR) is 81.7 cm³/mol. The van der Waals surface area contributed by atoms with Crippen molar-refractivity contribution < 1.29 is 4.39 Å². The van der Waals surface area contributed by atoms with Crippen molar-refractivity contribution in [2.45, 2.75) is 13.3 Å². The fourth-order valence-corrected chi connectivity index (χ4v) is 1.39. The number of nitrogens with zero attached hydrogens (tertiary/aromatic N) is 4. The lowest BCUT2D eigenvalue weighted by Crippen LogP contribution is -2.14. The Hall–Kier alpha value is -1.86. The lowest BCUT2D eigenvalue weighted by atomic mass is 10.2. The first-order valence-electron chi connectivity index (χ1n) is 5.44. The normalized spacial score (nSPS) is 9.90. The van der Waals surface area contributed by atoms with Gasteiger partial charge in [0.1, 0.15) is 5.82 Å². The molecule has 2 rings (SSSR count). The van der Waals surface area contributed by atoms with Crippen LogP contribution < -0.4 is 11.3 Å². The van der Waals surface area contributed by atoms with E-state index in [2.05, 4.69) is 20.7 Å². The van der Waals surface area contributed by atoms with Gasteiger partial charge in [0.25, 0.3) is 5.95 Å². The smallest absolute Gasteiger partial charge is 0.263 e. The zero-order valence-corrected chi connectivity index (χ0v) is 12.3.